The van der Waals surface area contributed by atoms with Crippen molar-refractivity contribution in [2.45, 2.75) is 31.4 Å². The number of anilines is 1. The maximum atomic E-state index is 12.7. The average Bonchev–Trinajstić information content (AvgIpc) is 2.74. The van der Waals surface area contributed by atoms with Crippen molar-refractivity contribution in [2.24, 2.45) is 0 Å². The topological polar surface area (TPSA) is 64.9 Å². The molecule has 2 aromatic rings. The van der Waals surface area contributed by atoms with Gasteiger partial charge < -0.3 is 10.3 Å². The molecule has 0 aliphatic heterocycles. The SMILES string of the molecule is Nc1cc(-c2nc(C3CCC3)no2)cc(C(F)(F)F)c1. The van der Waals surface area contributed by atoms with Crippen LogP contribution in [-0.4, -0.2) is 10.1 Å². The number of nitrogen functional groups attached to an aromatic ring is 1. The number of nitrogens with zero attached hydrogens (tertiary/aromatic N) is 2. The van der Waals surface area contributed by atoms with Crippen molar-refractivity contribution in [1.82, 2.24) is 10.1 Å². The van der Waals surface area contributed by atoms with Gasteiger partial charge in [0.2, 0.25) is 0 Å². The van der Waals surface area contributed by atoms with Gasteiger partial charge in [-0.25, -0.2) is 0 Å². The minimum atomic E-state index is -4.46. The zero-order valence-corrected chi connectivity index (χ0v) is 10.4. The molecule has 3 rings (SSSR count). The molecule has 1 aromatic carbocycles. The average molecular weight is 283 g/mol. The van der Waals surface area contributed by atoms with Gasteiger partial charge in [0.05, 0.1) is 5.56 Å². The summed E-state index contributed by atoms with van der Waals surface area (Å²) in [5.41, 5.74) is 4.89. The van der Waals surface area contributed by atoms with E-state index in [4.69, 9.17) is 10.3 Å². The summed E-state index contributed by atoms with van der Waals surface area (Å²) in [7, 11) is 0. The molecule has 0 amide bonds. The first-order valence-electron chi connectivity index (χ1n) is 6.25. The number of hydrogen-bond donors (Lipinski definition) is 1. The Morgan fingerprint density at radius 3 is 2.55 bits per heavy atom. The van der Waals surface area contributed by atoms with Gasteiger partial charge in [-0.1, -0.05) is 11.6 Å². The van der Waals surface area contributed by atoms with Gasteiger partial charge in [0.15, 0.2) is 5.82 Å². The Morgan fingerprint density at radius 1 is 1.20 bits per heavy atom. The van der Waals surface area contributed by atoms with Crippen LogP contribution in [0, 0.1) is 0 Å². The lowest BCUT2D eigenvalue weighted by Gasteiger charge is -2.20. The molecule has 0 unspecified atom stereocenters. The predicted molar refractivity (Wildman–Crippen MR) is 65.7 cm³/mol. The van der Waals surface area contributed by atoms with Gasteiger partial charge in [-0.3, -0.25) is 0 Å². The highest BCUT2D eigenvalue weighted by Crippen LogP contribution is 2.37. The van der Waals surface area contributed by atoms with Crippen LogP contribution in [0.1, 0.15) is 36.6 Å². The van der Waals surface area contributed by atoms with E-state index < -0.39 is 11.7 Å². The summed E-state index contributed by atoms with van der Waals surface area (Å²) in [6, 6.07) is 3.24. The molecule has 2 N–H and O–H groups in total. The van der Waals surface area contributed by atoms with Crippen LogP contribution in [0.15, 0.2) is 22.7 Å². The van der Waals surface area contributed by atoms with E-state index in [1.807, 2.05) is 0 Å². The van der Waals surface area contributed by atoms with Crippen molar-refractivity contribution in [3.05, 3.63) is 29.6 Å². The normalized spacial score (nSPS) is 16.1. The Balaban J connectivity index is 1.96. The highest BCUT2D eigenvalue weighted by atomic mass is 19.4. The molecule has 0 atom stereocenters. The van der Waals surface area contributed by atoms with Crippen molar-refractivity contribution < 1.29 is 17.7 Å². The number of aromatic nitrogens is 2. The minimum absolute atomic E-state index is 0.0122. The summed E-state index contributed by atoms with van der Waals surface area (Å²) in [5.74, 6) is 0.891. The summed E-state index contributed by atoms with van der Waals surface area (Å²) >= 11 is 0. The molecule has 20 heavy (non-hydrogen) atoms. The molecule has 1 aromatic heterocycles. The fourth-order valence-corrected chi connectivity index (χ4v) is 2.12. The largest absolute Gasteiger partial charge is 0.416 e. The fraction of sp³-hybridized carbons (Fsp3) is 0.385. The molecule has 7 heteroatoms. The van der Waals surface area contributed by atoms with E-state index in [0.29, 0.717) is 5.82 Å². The molecule has 1 saturated carbocycles. The molecule has 1 heterocycles. The molecule has 0 radical (unpaired) electrons. The standard InChI is InChI=1S/C13H12F3N3O/c14-13(15,16)9-4-8(5-10(17)6-9)12-18-11(19-20-12)7-2-1-3-7/h4-7H,1-3,17H2. The Bertz CT molecular complexity index is 632. The van der Waals surface area contributed by atoms with Gasteiger partial charge in [0.25, 0.3) is 5.89 Å². The van der Waals surface area contributed by atoms with Gasteiger partial charge in [-0.2, -0.15) is 18.2 Å². The van der Waals surface area contributed by atoms with E-state index in [9.17, 15) is 13.2 Å². The van der Waals surface area contributed by atoms with E-state index >= 15 is 0 Å². The number of hydrogen-bond acceptors (Lipinski definition) is 4. The molecular weight excluding hydrogens is 271 g/mol. The van der Waals surface area contributed by atoms with Gasteiger partial charge in [0, 0.05) is 17.2 Å². The maximum Gasteiger partial charge on any atom is 0.416 e. The lowest BCUT2D eigenvalue weighted by molar-refractivity contribution is -0.137. The molecule has 1 aliphatic rings. The van der Waals surface area contributed by atoms with Crippen LogP contribution in [0.25, 0.3) is 11.5 Å². The molecule has 0 bridgehead atoms. The lowest BCUT2D eigenvalue weighted by atomic mass is 9.85. The van der Waals surface area contributed by atoms with Crippen LogP contribution in [0.5, 0.6) is 0 Å². The lowest BCUT2D eigenvalue weighted by Crippen LogP contribution is -2.10. The quantitative estimate of drug-likeness (QED) is 0.855. The highest BCUT2D eigenvalue weighted by Gasteiger charge is 2.32. The van der Waals surface area contributed by atoms with Crippen LogP contribution in [-0.2, 0) is 6.18 Å². The third kappa shape index (κ3) is 2.35. The monoisotopic (exact) mass is 283 g/mol. The minimum Gasteiger partial charge on any atom is -0.399 e. The van der Waals surface area contributed by atoms with E-state index in [0.717, 1.165) is 31.4 Å². The summed E-state index contributed by atoms with van der Waals surface area (Å²) in [6.07, 6.45) is -1.36. The van der Waals surface area contributed by atoms with Crippen LogP contribution in [0.4, 0.5) is 18.9 Å². The molecule has 1 aliphatic carbocycles. The van der Waals surface area contributed by atoms with E-state index in [-0.39, 0.29) is 23.1 Å². The second kappa shape index (κ2) is 4.50. The number of rotatable bonds is 2. The summed E-state index contributed by atoms with van der Waals surface area (Å²) in [5, 5.41) is 3.83. The predicted octanol–water partition coefficient (Wildman–Crippen LogP) is 3.61. The van der Waals surface area contributed by atoms with E-state index in [2.05, 4.69) is 10.1 Å². The zero-order chi connectivity index (χ0) is 14.3. The van der Waals surface area contributed by atoms with Gasteiger partial charge in [-0.15, -0.1) is 0 Å². The summed E-state index contributed by atoms with van der Waals surface area (Å²) in [6.45, 7) is 0. The fourth-order valence-electron chi connectivity index (χ4n) is 2.12. The Morgan fingerprint density at radius 2 is 1.95 bits per heavy atom. The second-order valence-electron chi connectivity index (χ2n) is 4.93. The Kier molecular flexibility index (Phi) is 2.92. The zero-order valence-electron chi connectivity index (χ0n) is 10.4. The van der Waals surface area contributed by atoms with Crippen molar-refractivity contribution in [3.63, 3.8) is 0 Å². The van der Waals surface area contributed by atoms with Crippen LogP contribution < -0.4 is 5.73 Å². The molecule has 1 fully saturated rings. The first-order chi connectivity index (χ1) is 9.43. The molecule has 0 saturated heterocycles. The Labute approximate surface area is 112 Å². The molecule has 106 valence electrons. The molecular formula is C13H12F3N3O. The number of benzene rings is 1. The van der Waals surface area contributed by atoms with E-state index in [1.165, 1.54) is 6.07 Å². The number of nitrogens with two attached hydrogens (primary N) is 1. The van der Waals surface area contributed by atoms with Crippen molar-refractivity contribution in [2.75, 3.05) is 5.73 Å². The maximum absolute atomic E-state index is 12.7. The number of halogens is 3. The van der Waals surface area contributed by atoms with Gasteiger partial charge in [0.1, 0.15) is 0 Å². The van der Waals surface area contributed by atoms with E-state index in [1.54, 1.807) is 0 Å². The Hall–Kier alpha value is -2.05. The molecule has 4 nitrogen and oxygen atoms in total. The third-order valence-electron chi connectivity index (χ3n) is 3.44. The first-order valence-corrected chi connectivity index (χ1v) is 6.25. The van der Waals surface area contributed by atoms with Crippen molar-refractivity contribution >= 4 is 5.69 Å². The summed E-state index contributed by atoms with van der Waals surface area (Å²) < 4.78 is 43.3. The summed E-state index contributed by atoms with van der Waals surface area (Å²) in [4.78, 5) is 4.17. The van der Waals surface area contributed by atoms with Crippen molar-refractivity contribution in [1.29, 1.82) is 0 Å². The third-order valence-corrected chi connectivity index (χ3v) is 3.44. The van der Waals surface area contributed by atoms with Crippen LogP contribution in [0.2, 0.25) is 0 Å². The van der Waals surface area contributed by atoms with Crippen LogP contribution in [0.3, 0.4) is 0 Å². The smallest absolute Gasteiger partial charge is 0.399 e. The molecule has 0 spiro atoms. The second-order valence-corrected chi connectivity index (χ2v) is 4.93. The van der Waals surface area contributed by atoms with Gasteiger partial charge in [-0.05, 0) is 31.0 Å². The van der Waals surface area contributed by atoms with Crippen molar-refractivity contribution in [3.8, 4) is 11.5 Å². The first kappa shape index (κ1) is 13.0. The number of alkyl halides is 3. The highest BCUT2D eigenvalue weighted by molar-refractivity contribution is 5.62. The van der Waals surface area contributed by atoms with Crippen LogP contribution >= 0.6 is 0 Å². The van der Waals surface area contributed by atoms with Gasteiger partial charge >= 0.3 is 6.18 Å².